The average Bonchev–Trinajstić information content (AvgIpc) is 2.45. The van der Waals surface area contributed by atoms with Crippen molar-refractivity contribution in [2.24, 2.45) is 0 Å². The highest BCUT2D eigenvalue weighted by Gasteiger charge is 2.54. The molecule has 2 rings (SSSR count). The van der Waals surface area contributed by atoms with Crippen molar-refractivity contribution in [3.8, 4) is 0 Å². The molecule has 1 aliphatic rings. The largest absolute Gasteiger partial charge is 0.487 e. The molecule has 0 radical (unpaired) electrons. The van der Waals surface area contributed by atoms with Gasteiger partial charge in [0.05, 0.1) is 5.54 Å². The average molecular weight is 370 g/mol. The lowest BCUT2D eigenvalue weighted by Crippen LogP contribution is -2.61. The van der Waals surface area contributed by atoms with Crippen LogP contribution in [0.15, 0.2) is 30.3 Å². The maximum atomic E-state index is 13.7. The fourth-order valence-electron chi connectivity index (χ4n) is 3.26. The lowest BCUT2D eigenvalue weighted by molar-refractivity contribution is -0.255. The van der Waals surface area contributed by atoms with Crippen LogP contribution in [0.1, 0.15) is 37.7 Å². The van der Waals surface area contributed by atoms with E-state index in [1.54, 1.807) is 18.2 Å². The van der Waals surface area contributed by atoms with Crippen molar-refractivity contribution in [2.45, 2.75) is 50.2 Å². The minimum absolute atomic E-state index is 0.0796. The summed E-state index contributed by atoms with van der Waals surface area (Å²) in [7, 11) is 0. The summed E-state index contributed by atoms with van der Waals surface area (Å²) in [6.45, 7) is 0. The molecule has 1 aromatic rings. The van der Waals surface area contributed by atoms with Crippen LogP contribution in [0.2, 0.25) is 0 Å². The molecular weight excluding hydrogens is 354 g/mol. The van der Waals surface area contributed by atoms with Crippen LogP contribution < -0.4 is 5.32 Å². The Bertz CT molecular complexity index is 564. The van der Waals surface area contributed by atoms with Crippen molar-refractivity contribution < 1.29 is 26.3 Å². The van der Waals surface area contributed by atoms with Crippen molar-refractivity contribution in [2.75, 3.05) is 0 Å². The predicted molar refractivity (Wildman–Crippen MR) is 80.9 cm³/mol. The number of nitrogens with zero attached hydrogens (tertiary/aromatic N) is 1. The van der Waals surface area contributed by atoms with E-state index in [9.17, 15) is 26.3 Å². The molecule has 1 aliphatic carbocycles. The van der Waals surface area contributed by atoms with Gasteiger partial charge in [0.15, 0.2) is 5.11 Å². The fraction of sp³-hybridized carbons (Fsp3) is 0.533. The molecule has 0 heterocycles. The highest BCUT2D eigenvalue weighted by Crippen LogP contribution is 2.47. The van der Waals surface area contributed by atoms with Crippen LogP contribution >= 0.6 is 12.2 Å². The number of halogens is 6. The van der Waals surface area contributed by atoms with Gasteiger partial charge in [-0.25, -0.2) is 0 Å². The lowest BCUT2D eigenvalue weighted by atomic mass is 9.75. The van der Waals surface area contributed by atoms with Gasteiger partial charge < -0.3 is 0 Å². The molecule has 1 fully saturated rings. The lowest BCUT2D eigenvalue weighted by Gasteiger charge is -2.48. The van der Waals surface area contributed by atoms with Gasteiger partial charge in [0.25, 0.3) is 0 Å². The molecule has 134 valence electrons. The summed E-state index contributed by atoms with van der Waals surface area (Å²) in [5.41, 5.74) is -1.32. The van der Waals surface area contributed by atoms with E-state index in [2.05, 4.69) is 12.2 Å². The van der Waals surface area contributed by atoms with E-state index in [4.69, 9.17) is 0 Å². The van der Waals surface area contributed by atoms with E-state index < -0.39 is 23.3 Å². The Kier molecular flexibility index (Phi) is 5.31. The predicted octanol–water partition coefficient (Wildman–Crippen LogP) is 5.06. The molecule has 2 nitrogen and oxygen atoms in total. The van der Waals surface area contributed by atoms with Gasteiger partial charge in [0.2, 0.25) is 0 Å². The summed E-state index contributed by atoms with van der Waals surface area (Å²) < 4.78 is 78.7. The molecule has 0 aliphatic heterocycles. The molecular formula is C15H16F6N2S. The molecule has 0 bridgehead atoms. The Morgan fingerprint density at radius 1 is 0.958 bits per heavy atom. The molecule has 0 spiro atoms. The summed E-state index contributed by atoms with van der Waals surface area (Å²) in [6, 6.07) is 7.78. The number of hydrogen-bond donors (Lipinski definition) is 1. The zero-order valence-electron chi connectivity index (χ0n) is 12.5. The molecule has 0 amide bonds. The number of rotatable bonds is 2. The number of thiocarbonyl (C=S) groups is 1. The van der Waals surface area contributed by atoms with Gasteiger partial charge in [-0.2, -0.15) is 13.2 Å². The van der Waals surface area contributed by atoms with Crippen LogP contribution in [0.25, 0.3) is 0 Å². The molecule has 1 saturated carbocycles. The molecule has 0 unspecified atom stereocenters. The maximum Gasteiger partial charge on any atom is 0.487 e. The molecule has 0 atom stereocenters. The molecule has 24 heavy (non-hydrogen) atoms. The number of benzene rings is 1. The van der Waals surface area contributed by atoms with Gasteiger partial charge in [-0.05, 0) is 30.6 Å². The molecule has 0 aromatic heterocycles. The van der Waals surface area contributed by atoms with E-state index in [0.29, 0.717) is 18.4 Å². The summed E-state index contributed by atoms with van der Waals surface area (Å²) in [5, 5.41) is -0.519. The first-order chi connectivity index (χ1) is 11.1. The molecule has 9 heteroatoms. The Morgan fingerprint density at radius 3 is 1.96 bits per heavy atom. The first-order valence-corrected chi connectivity index (χ1v) is 7.78. The van der Waals surface area contributed by atoms with Gasteiger partial charge in [-0.3, -0.25) is 10.2 Å². The highest BCUT2D eigenvalue weighted by atomic mass is 32.1. The monoisotopic (exact) mass is 370 g/mol. The van der Waals surface area contributed by atoms with Crippen molar-refractivity contribution in [1.82, 2.24) is 10.2 Å². The first-order valence-electron chi connectivity index (χ1n) is 7.38. The maximum absolute atomic E-state index is 13.7. The number of hydrogen-bond acceptors (Lipinski definition) is 1. The SMILES string of the molecule is FC(F)(F)NC(=S)N(C(F)(F)F)C1(c2ccccc2)CCCCC1. The van der Waals surface area contributed by atoms with Crippen molar-refractivity contribution >= 4 is 17.3 Å². The summed E-state index contributed by atoms with van der Waals surface area (Å²) in [6.07, 6.45) is -8.21. The van der Waals surface area contributed by atoms with Gasteiger partial charge in [-0.1, -0.05) is 49.6 Å². The van der Waals surface area contributed by atoms with E-state index in [0.717, 1.165) is 11.7 Å². The highest BCUT2D eigenvalue weighted by molar-refractivity contribution is 7.80. The minimum atomic E-state index is -5.04. The van der Waals surface area contributed by atoms with E-state index in [1.807, 2.05) is 0 Å². The van der Waals surface area contributed by atoms with E-state index in [1.165, 1.54) is 12.1 Å². The Morgan fingerprint density at radius 2 is 1.50 bits per heavy atom. The first kappa shape index (κ1) is 18.8. The third kappa shape index (κ3) is 4.12. The number of nitrogens with one attached hydrogen (secondary N) is 1. The van der Waals surface area contributed by atoms with Crippen LogP contribution in [0, 0.1) is 0 Å². The van der Waals surface area contributed by atoms with Crippen molar-refractivity contribution in [3.05, 3.63) is 35.9 Å². The smallest absolute Gasteiger partial charge is 0.274 e. The van der Waals surface area contributed by atoms with Gasteiger partial charge >= 0.3 is 12.6 Å². The minimum Gasteiger partial charge on any atom is -0.274 e. The topological polar surface area (TPSA) is 15.3 Å². The Balaban J connectivity index is 2.52. The Labute approximate surface area is 140 Å². The zero-order chi connectivity index (χ0) is 18.0. The molecule has 0 saturated heterocycles. The summed E-state index contributed by atoms with van der Waals surface area (Å²) in [4.78, 5) is -0.225. The van der Waals surface area contributed by atoms with Gasteiger partial charge in [-0.15, -0.1) is 13.2 Å². The third-order valence-electron chi connectivity index (χ3n) is 4.13. The quantitative estimate of drug-likeness (QED) is 0.445. The van der Waals surface area contributed by atoms with Crippen molar-refractivity contribution in [1.29, 1.82) is 0 Å². The number of alkyl halides is 6. The van der Waals surface area contributed by atoms with E-state index >= 15 is 0 Å². The normalized spacial score (nSPS) is 18.1. The van der Waals surface area contributed by atoms with E-state index in [-0.39, 0.29) is 17.7 Å². The fourth-order valence-corrected chi connectivity index (χ4v) is 3.65. The van der Waals surface area contributed by atoms with Crippen LogP contribution in [-0.2, 0) is 5.54 Å². The van der Waals surface area contributed by atoms with Crippen LogP contribution in [0.4, 0.5) is 26.3 Å². The van der Waals surface area contributed by atoms with Crippen molar-refractivity contribution in [3.63, 3.8) is 0 Å². The standard InChI is InChI=1S/C15H16F6N2S/c16-14(17,18)22-12(24)23(15(19,20)21)13(9-5-2-6-10-13)11-7-3-1-4-8-11/h1,3-4,7-8H,2,5-6,9-10H2,(H,22,24). The van der Waals surface area contributed by atoms with Crippen LogP contribution in [0.5, 0.6) is 0 Å². The van der Waals surface area contributed by atoms with Crippen LogP contribution in [0.3, 0.4) is 0 Å². The van der Waals surface area contributed by atoms with Gasteiger partial charge in [0.1, 0.15) is 0 Å². The molecule has 1 N–H and O–H groups in total. The second-order valence-corrected chi connectivity index (χ2v) is 6.08. The summed E-state index contributed by atoms with van der Waals surface area (Å²) in [5.74, 6) is 0. The summed E-state index contributed by atoms with van der Waals surface area (Å²) >= 11 is 4.50. The second kappa shape index (κ2) is 6.78. The zero-order valence-corrected chi connectivity index (χ0v) is 13.4. The van der Waals surface area contributed by atoms with Crippen LogP contribution in [-0.4, -0.2) is 22.6 Å². The molecule has 1 aromatic carbocycles. The van der Waals surface area contributed by atoms with Gasteiger partial charge in [0, 0.05) is 0 Å². The third-order valence-corrected chi connectivity index (χ3v) is 4.41. The second-order valence-electron chi connectivity index (χ2n) is 5.69. The Hall–Kier alpha value is -1.51.